The topological polar surface area (TPSA) is 49.3 Å². The van der Waals surface area contributed by atoms with Crippen LogP contribution in [-0.2, 0) is 4.79 Å². The lowest BCUT2D eigenvalue weighted by molar-refractivity contribution is -0.144. The van der Waals surface area contributed by atoms with E-state index in [0.717, 1.165) is 19.3 Å². The summed E-state index contributed by atoms with van der Waals surface area (Å²) in [6.45, 7) is 7.94. The van der Waals surface area contributed by atoms with Crippen molar-refractivity contribution in [1.82, 2.24) is 5.32 Å². The van der Waals surface area contributed by atoms with Crippen molar-refractivity contribution in [2.24, 2.45) is 0 Å². The Hall–Kier alpha value is -0.830. The lowest BCUT2D eigenvalue weighted by Gasteiger charge is -2.25. The molecule has 0 amide bonds. The Morgan fingerprint density at radius 1 is 1.57 bits per heavy atom. The number of carboxylic acids is 1. The fraction of sp³-hybridized carbons (Fsp3) is 0.727. The Morgan fingerprint density at radius 3 is 2.64 bits per heavy atom. The summed E-state index contributed by atoms with van der Waals surface area (Å²) in [5.74, 6) is -0.782. The number of carbonyl (C=O) groups is 1. The van der Waals surface area contributed by atoms with Gasteiger partial charge in [-0.3, -0.25) is 10.1 Å². The van der Waals surface area contributed by atoms with Crippen molar-refractivity contribution in [3.8, 4) is 0 Å². The summed E-state index contributed by atoms with van der Waals surface area (Å²) >= 11 is 0. The summed E-state index contributed by atoms with van der Waals surface area (Å²) in [4.78, 5) is 11.0. The highest BCUT2D eigenvalue weighted by atomic mass is 16.4. The van der Waals surface area contributed by atoms with E-state index in [1.807, 2.05) is 0 Å². The van der Waals surface area contributed by atoms with Crippen molar-refractivity contribution >= 4 is 5.97 Å². The van der Waals surface area contributed by atoms with Crippen LogP contribution in [0, 0.1) is 0 Å². The molecule has 0 aliphatic rings. The van der Waals surface area contributed by atoms with Crippen LogP contribution in [0.3, 0.4) is 0 Å². The van der Waals surface area contributed by atoms with Gasteiger partial charge in [0.1, 0.15) is 5.54 Å². The van der Waals surface area contributed by atoms with Gasteiger partial charge >= 0.3 is 5.97 Å². The normalized spacial score (nSPS) is 14.7. The van der Waals surface area contributed by atoms with Gasteiger partial charge in [-0.15, -0.1) is 6.58 Å². The average Bonchev–Trinajstić information content (AvgIpc) is 2.15. The van der Waals surface area contributed by atoms with Crippen LogP contribution in [0.25, 0.3) is 0 Å². The summed E-state index contributed by atoms with van der Waals surface area (Å²) < 4.78 is 0. The molecule has 3 nitrogen and oxygen atoms in total. The Morgan fingerprint density at radius 2 is 2.21 bits per heavy atom. The Bertz CT molecular complexity index is 192. The molecule has 1 unspecified atom stereocenters. The fourth-order valence-electron chi connectivity index (χ4n) is 1.30. The minimum absolute atomic E-state index is 0.537. The molecule has 3 heteroatoms. The zero-order valence-electron chi connectivity index (χ0n) is 9.18. The van der Waals surface area contributed by atoms with E-state index in [1.54, 1.807) is 13.0 Å². The van der Waals surface area contributed by atoms with Crippen LogP contribution in [0.5, 0.6) is 0 Å². The number of aliphatic carboxylic acids is 1. The first-order valence-electron chi connectivity index (χ1n) is 5.16. The predicted molar refractivity (Wildman–Crippen MR) is 58.4 cm³/mol. The highest BCUT2D eigenvalue weighted by molar-refractivity contribution is 5.78. The van der Waals surface area contributed by atoms with Crippen LogP contribution in [0.15, 0.2) is 12.7 Å². The summed E-state index contributed by atoms with van der Waals surface area (Å²) in [5.41, 5.74) is -0.802. The summed E-state index contributed by atoms with van der Waals surface area (Å²) in [6, 6.07) is 0. The minimum Gasteiger partial charge on any atom is -0.480 e. The summed E-state index contributed by atoms with van der Waals surface area (Å²) in [5, 5.41) is 12.0. The molecule has 0 radical (unpaired) electrons. The quantitative estimate of drug-likeness (QED) is 0.465. The molecule has 0 aromatic carbocycles. The first-order valence-corrected chi connectivity index (χ1v) is 5.16. The highest BCUT2D eigenvalue weighted by Crippen LogP contribution is 2.14. The molecule has 2 N–H and O–H groups in total. The van der Waals surface area contributed by atoms with E-state index in [9.17, 15) is 4.79 Å². The van der Waals surface area contributed by atoms with Gasteiger partial charge in [0.15, 0.2) is 0 Å². The van der Waals surface area contributed by atoms with Crippen molar-refractivity contribution in [1.29, 1.82) is 0 Å². The van der Waals surface area contributed by atoms with Crippen LogP contribution >= 0.6 is 0 Å². The second kappa shape index (κ2) is 6.60. The van der Waals surface area contributed by atoms with Crippen LogP contribution in [-0.4, -0.2) is 23.2 Å². The number of carboxylic acid groups (broad SMARTS) is 1. The molecule has 1 atom stereocenters. The first kappa shape index (κ1) is 13.2. The molecular weight excluding hydrogens is 178 g/mol. The lowest BCUT2D eigenvalue weighted by Crippen LogP contribution is -2.49. The molecule has 0 aromatic rings. The molecule has 14 heavy (non-hydrogen) atoms. The van der Waals surface area contributed by atoms with E-state index >= 15 is 0 Å². The zero-order chi connectivity index (χ0) is 11.0. The van der Waals surface area contributed by atoms with Gasteiger partial charge in [0.25, 0.3) is 0 Å². The molecule has 0 bridgehead atoms. The Balaban J connectivity index is 4.09. The molecule has 0 aliphatic carbocycles. The third-order valence-corrected chi connectivity index (χ3v) is 2.39. The Kier molecular flexibility index (Phi) is 6.21. The molecule has 0 spiro atoms. The third-order valence-electron chi connectivity index (χ3n) is 2.39. The molecular formula is C11H21NO2. The van der Waals surface area contributed by atoms with E-state index in [0.29, 0.717) is 13.0 Å². The van der Waals surface area contributed by atoms with E-state index < -0.39 is 11.5 Å². The van der Waals surface area contributed by atoms with Gasteiger partial charge < -0.3 is 5.11 Å². The molecule has 0 rings (SSSR count). The van der Waals surface area contributed by atoms with Gasteiger partial charge in [0.05, 0.1) is 0 Å². The monoisotopic (exact) mass is 199 g/mol. The van der Waals surface area contributed by atoms with Crippen LogP contribution in [0.2, 0.25) is 0 Å². The molecule has 0 aromatic heterocycles. The molecule has 82 valence electrons. The lowest BCUT2D eigenvalue weighted by atomic mass is 9.94. The zero-order valence-corrected chi connectivity index (χ0v) is 9.18. The maximum atomic E-state index is 11.0. The number of hydrogen-bond donors (Lipinski definition) is 2. The van der Waals surface area contributed by atoms with Crippen molar-refractivity contribution in [2.75, 3.05) is 6.54 Å². The van der Waals surface area contributed by atoms with E-state index in [4.69, 9.17) is 5.11 Å². The summed E-state index contributed by atoms with van der Waals surface area (Å²) in [6.07, 6.45) is 5.49. The van der Waals surface area contributed by atoms with Crippen molar-refractivity contribution in [3.05, 3.63) is 12.7 Å². The molecule has 0 saturated heterocycles. The maximum Gasteiger partial charge on any atom is 0.323 e. The van der Waals surface area contributed by atoms with E-state index in [2.05, 4.69) is 18.8 Å². The summed E-state index contributed by atoms with van der Waals surface area (Å²) in [7, 11) is 0. The maximum absolute atomic E-state index is 11.0. The van der Waals surface area contributed by atoms with Crippen LogP contribution < -0.4 is 5.32 Å². The largest absolute Gasteiger partial charge is 0.480 e. The third kappa shape index (κ3) is 4.42. The van der Waals surface area contributed by atoms with Gasteiger partial charge in [0.2, 0.25) is 0 Å². The molecule has 0 fully saturated rings. The number of nitrogens with one attached hydrogen (secondary N) is 1. The number of hydrogen-bond acceptors (Lipinski definition) is 2. The molecule has 0 heterocycles. The number of unbranched alkanes of at least 4 members (excludes halogenated alkanes) is 2. The standard InChI is InChI=1S/C11H21NO2/c1-4-6-7-8-11(3,10(13)14)12-9-5-2/h5,12H,2,4,6-9H2,1,3H3,(H,13,14). The van der Waals surface area contributed by atoms with Gasteiger partial charge in [-0.25, -0.2) is 0 Å². The number of rotatable bonds is 8. The van der Waals surface area contributed by atoms with Crippen molar-refractivity contribution in [2.45, 2.75) is 45.1 Å². The van der Waals surface area contributed by atoms with Crippen LogP contribution in [0.4, 0.5) is 0 Å². The van der Waals surface area contributed by atoms with E-state index in [1.165, 1.54) is 0 Å². The van der Waals surface area contributed by atoms with Gasteiger partial charge in [-0.1, -0.05) is 32.3 Å². The van der Waals surface area contributed by atoms with Crippen LogP contribution in [0.1, 0.15) is 39.5 Å². The second-order valence-corrected chi connectivity index (χ2v) is 3.76. The second-order valence-electron chi connectivity index (χ2n) is 3.76. The van der Waals surface area contributed by atoms with Crippen molar-refractivity contribution < 1.29 is 9.90 Å². The fourth-order valence-corrected chi connectivity index (χ4v) is 1.30. The van der Waals surface area contributed by atoms with Crippen molar-refractivity contribution in [3.63, 3.8) is 0 Å². The van der Waals surface area contributed by atoms with Gasteiger partial charge in [-0.05, 0) is 13.3 Å². The van der Waals surface area contributed by atoms with Gasteiger partial charge in [-0.2, -0.15) is 0 Å². The van der Waals surface area contributed by atoms with Gasteiger partial charge in [0, 0.05) is 6.54 Å². The average molecular weight is 199 g/mol. The van der Waals surface area contributed by atoms with E-state index in [-0.39, 0.29) is 0 Å². The highest BCUT2D eigenvalue weighted by Gasteiger charge is 2.30. The molecule has 0 saturated carbocycles. The Labute approximate surface area is 86.2 Å². The predicted octanol–water partition coefficient (Wildman–Crippen LogP) is 2.19. The SMILES string of the molecule is C=CCNC(C)(CCCCC)C(=O)O. The minimum atomic E-state index is -0.802. The molecule has 0 aliphatic heterocycles. The smallest absolute Gasteiger partial charge is 0.323 e. The first-order chi connectivity index (χ1) is 6.56.